The van der Waals surface area contributed by atoms with E-state index in [1.54, 1.807) is 17.7 Å². The lowest BCUT2D eigenvalue weighted by molar-refractivity contribution is 0.133. The summed E-state index contributed by atoms with van der Waals surface area (Å²) in [5.74, 6) is 1.14. The van der Waals surface area contributed by atoms with Gasteiger partial charge in [-0.25, -0.2) is 9.97 Å². The van der Waals surface area contributed by atoms with Crippen LogP contribution in [0.3, 0.4) is 0 Å². The molecule has 4 heterocycles. The number of nitrogens with zero attached hydrogens (tertiary/aromatic N) is 4. The molecule has 5 heteroatoms. The molecule has 2 aliphatic heterocycles. The van der Waals surface area contributed by atoms with Gasteiger partial charge in [-0.15, -0.1) is 11.3 Å². The van der Waals surface area contributed by atoms with Crippen LogP contribution in [0.4, 0.5) is 5.82 Å². The SMILES string of the molecule is Cc1cc2c(N3CCN4CCCCC4C3)ncnc2s1. The molecule has 2 saturated heterocycles. The highest BCUT2D eigenvalue weighted by Gasteiger charge is 2.30. The van der Waals surface area contributed by atoms with Gasteiger partial charge >= 0.3 is 0 Å². The summed E-state index contributed by atoms with van der Waals surface area (Å²) in [5.41, 5.74) is 0. The number of hydrogen-bond donors (Lipinski definition) is 0. The molecule has 4 nitrogen and oxygen atoms in total. The molecule has 4 rings (SSSR count). The van der Waals surface area contributed by atoms with E-state index in [1.807, 2.05) is 0 Å². The second-order valence-corrected chi connectivity index (χ2v) is 7.14. The van der Waals surface area contributed by atoms with Crippen LogP contribution < -0.4 is 4.90 Å². The predicted molar refractivity (Wildman–Crippen MR) is 83.6 cm³/mol. The molecule has 0 saturated carbocycles. The van der Waals surface area contributed by atoms with Crippen molar-refractivity contribution in [3.05, 3.63) is 17.3 Å². The number of aromatic nitrogens is 2. The summed E-state index contributed by atoms with van der Waals surface area (Å²) < 4.78 is 0. The molecule has 2 aromatic heterocycles. The Morgan fingerprint density at radius 1 is 1.20 bits per heavy atom. The van der Waals surface area contributed by atoms with Gasteiger partial charge in [0.1, 0.15) is 17.0 Å². The van der Waals surface area contributed by atoms with Crippen LogP contribution in [0, 0.1) is 6.92 Å². The molecule has 2 aliphatic rings. The maximum Gasteiger partial charge on any atom is 0.140 e. The third kappa shape index (κ3) is 2.09. The molecule has 0 bridgehead atoms. The van der Waals surface area contributed by atoms with Gasteiger partial charge in [0.25, 0.3) is 0 Å². The largest absolute Gasteiger partial charge is 0.353 e. The Kier molecular flexibility index (Phi) is 3.11. The van der Waals surface area contributed by atoms with Gasteiger partial charge in [0.15, 0.2) is 0 Å². The first kappa shape index (κ1) is 12.5. The first-order chi connectivity index (χ1) is 9.81. The first-order valence-electron chi connectivity index (χ1n) is 7.51. The average molecular weight is 288 g/mol. The molecule has 0 spiro atoms. The van der Waals surface area contributed by atoms with Crippen LogP contribution in [-0.2, 0) is 0 Å². The van der Waals surface area contributed by atoms with E-state index in [9.17, 15) is 0 Å². The van der Waals surface area contributed by atoms with Crippen molar-refractivity contribution in [3.8, 4) is 0 Å². The summed E-state index contributed by atoms with van der Waals surface area (Å²) in [6.07, 6.45) is 5.82. The monoisotopic (exact) mass is 288 g/mol. The molecule has 2 aromatic rings. The summed E-state index contributed by atoms with van der Waals surface area (Å²) in [7, 11) is 0. The zero-order valence-corrected chi connectivity index (χ0v) is 12.7. The molecular weight excluding hydrogens is 268 g/mol. The van der Waals surface area contributed by atoms with Gasteiger partial charge in [0, 0.05) is 30.6 Å². The Balaban J connectivity index is 1.66. The van der Waals surface area contributed by atoms with Crippen molar-refractivity contribution < 1.29 is 0 Å². The number of piperidine rings is 1. The van der Waals surface area contributed by atoms with E-state index in [0.717, 1.165) is 29.8 Å². The van der Waals surface area contributed by atoms with Gasteiger partial charge in [-0.2, -0.15) is 0 Å². The highest BCUT2D eigenvalue weighted by atomic mass is 32.1. The van der Waals surface area contributed by atoms with Crippen molar-refractivity contribution in [2.45, 2.75) is 32.2 Å². The van der Waals surface area contributed by atoms with E-state index in [-0.39, 0.29) is 0 Å². The minimum atomic E-state index is 0.724. The first-order valence-corrected chi connectivity index (χ1v) is 8.33. The number of aryl methyl sites for hydroxylation is 1. The third-order valence-corrected chi connectivity index (χ3v) is 5.53. The Hall–Kier alpha value is -1.20. The van der Waals surface area contributed by atoms with Gasteiger partial charge in [0.2, 0.25) is 0 Å². The maximum absolute atomic E-state index is 4.58. The summed E-state index contributed by atoms with van der Waals surface area (Å²) in [6.45, 7) is 6.84. The number of fused-ring (bicyclic) bond motifs is 2. The fourth-order valence-electron chi connectivity index (χ4n) is 3.56. The second-order valence-electron chi connectivity index (χ2n) is 5.90. The van der Waals surface area contributed by atoms with Crippen molar-refractivity contribution in [1.82, 2.24) is 14.9 Å². The van der Waals surface area contributed by atoms with Gasteiger partial charge in [-0.3, -0.25) is 4.90 Å². The van der Waals surface area contributed by atoms with Crippen LogP contribution in [0.1, 0.15) is 24.1 Å². The number of thiophene rings is 1. The van der Waals surface area contributed by atoms with Crippen LogP contribution in [0.5, 0.6) is 0 Å². The molecule has 20 heavy (non-hydrogen) atoms. The van der Waals surface area contributed by atoms with Crippen LogP contribution in [0.2, 0.25) is 0 Å². The van der Waals surface area contributed by atoms with Crippen LogP contribution >= 0.6 is 11.3 Å². The topological polar surface area (TPSA) is 32.3 Å². The van der Waals surface area contributed by atoms with Gasteiger partial charge in [-0.1, -0.05) is 6.42 Å². The second kappa shape index (κ2) is 4.97. The number of rotatable bonds is 1. The van der Waals surface area contributed by atoms with Gasteiger partial charge in [-0.05, 0) is 32.4 Å². The van der Waals surface area contributed by atoms with E-state index >= 15 is 0 Å². The van der Waals surface area contributed by atoms with E-state index < -0.39 is 0 Å². The summed E-state index contributed by atoms with van der Waals surface area (Å²) >= 11 is 1.76. The summed E-state index contributed by atoms with van der Waals surface area (Å²) in [6, 6.07) is 2.96. The van der Waals surface area contributed by atoms with Crippen molar-refractivity contribution in [2.75, 3.05) is 31.1 Å². The lowest BCUT2D eigenvalue weighted by atomic mass is 9.99. The van der Waals surface area contributed by atoms with Crippen molar-refractivity contribution in [2.24, 2.45) is 0 Å². The van der Waals surface area contributed by atoms with Crippen LogP contribution in [-0.4, -0.2) is 47.1 Å². The van der Waals surface area contributed by atoms with Crippen LogP contribution in [0.25, 0.3) is 10.2 Å². The molecule has 0 N–H and O–H groups in total. The quantitative estimate of drug-likeness (QED) is 0.807. The molecule has 0 aliphatic carbocycles. The minimum absolute atomic E-state index is 0.724. The van der Waals surface area contributed by atoms with Crippen molar-refractivity contribution in [3.63, 3.8) is 0 Å². The van der Waals surface area contributed by atoms with Crippen molar-refractivity contribution >= 4 is 27.4 Å². The molecule has 106 valence electrons. The molecular formula is C15H20N4S. The lowest BCUT2D eigenvalue weighted by Gasteiger charge is -2.44. The van der Waals surface area contributed by atoms with Gasteiger partial charge < -0.3 is 4.90 Å². The molecule has 2 fully saturated rings. The highest BCUT2D eigenvalue weighted by Crippen LogP contribution is 2.31. The highest BCUT2D eigenvalue weighted by molar-refractivity contribution is 7.18. The van der Waals surface area contributed by atoms with E-state index in [4.69, 9.17) is 0 Å². The predicted octanol–water partition coefficient (Wildman–Crippen LogP) is 2.67. The number of piperazine rings is 1. The van der Waals surface area contributed by atoms with E-state index in [2.05, 4.69) is 32.8 Å². The van der Waals surface area contributed by atoms with Crippen molar-refractivity contribution in [1.29, 1.82) is 0 Å². The Labute approximate surface area is 123 Å². The Morgan fingerprint density at radius 2 is 2.15 bits per heavy atom. The average Bonchev–Trinajstić information content (AvgIpc) is 2.86. The van der Waals surface area contributed by atoms with E-state index in [0.29, 0.717) is 0 Å². The summed E-state index contributed by atoms with van der Waals surface area (Å²) in [4.78, 5) is 16.6. The summed E-state index contributed by atoms with van der Waals surface area (Å²) in [5, 5.41) is 1.24. The fraction of sp³-hybridized carbons (Fsp3) is 0.600. The number of anilines is 1. The minimum Gasteiger partial charge on any atom is -0.353 e. The lowest BCUT2D eigenvalue weighted by Crippen LogP contribution is -2.55. The molecule has 0 radical (unpaired) electrons. The Morgan fingerprint density at radius 3 is 3.10 bits per heavy atom. The smallest absolute Gasteiger partial charge is 0.140 e. The molecule has 1 atom stereocenters. The molecule has 0 aromatic carbocycles. The molecule has 0 amide bonds. The van der Waals surface area contributed by atoms with E-state index in [1.165, 1.54) is 42.6 Å². The third-order valence-electron chi connectivity index (χ3n) is 4.57. The zero-order chi connectivity index (χ0) is 13.5. The molecule has 1 unspecified atom stereocenters. The number of hydrogen-bond acceptors (Lipinski definition) is 5. The fourth-order valence-corrected chi connectivity index (χ4v) is 4.41. The maximum atomic E-state index is 4.58. The standard InChI is InChI=1S/C15H20N4S/c1-11-8-13-14(16-10-17-15(13)20-11)19-7-6-18-5-3-2-4-12(18)9-19/h8,10,12H,2-7,9H2,1H3. The van der Waals surface area contributed by atoms with Crippen LogP contribution in [0.15, 0.2) is 12.4 Å². The zero-order valence-electron chi connectivity index (χ0n) is 11.9. The normalized spacial score (nSPS) is 24.1. The Bertz CT molecular complexity index is 623. The van der Waals surface area contributed by atoms with Gasteiger partial charge in [0.05, 0.1) is 5.39 Å².